The number of halogens is 1. The second-order valence-corrected chi connectivity index (χ2v) is 7.46. The van der Waals surface area contributed by atoms with Crippen LogP contribution in [0.4, 0.5) is 4.39 Å². The van der Waals surface area contributed by atoms with E-state index in [-0.39, 0.29) is 10.9 Å². The lowest BCUT2D eigenvalue weighted by atomic mass is 10.2. The fraction of sp³-hybridized carbons (Fsp3) is 0.600. The molecule has 0 aromatic heterocycles. The Kier molecular flexibility index (Phi) is 5.91. The van der Waals surface area contributed by atoms with Crippen LogP contribution in [-0.4, -0.2) is 64.1 Å². The number of rotatable bonds is 7. The molecule has 0 bridgehead atoms. The zero-order chi connectivity index (χ0) is 16.2. The lowest BCUT2D eigenvalue weighted by molar-refractivity contribution is 0.151. The van der Waals surface area contributed by atoms with Crippen LogP contribution in [0, 0.1) is 5.82 Å². The quantitative estimate of drug-likeness (QED) is 0.761. The average molecular weight is 330 g/mol. The minimum absolute atomic E-state index is 0.119. The van der Waals surface area contributed by atoms with Crippen molar-refractivity contribution in [1.29, 1.82) is 0 Å². The molecule has 0 radical (unpaired) electrons. The highest BCUT2D eigenvalue weighted by atomic mass is 32.2. The van der Waals surface area contributed by atoms with Crippen molar-refractivity contribution in [2.75, 3.05) is 40.4 Å². The van der Waals surface area contributed by atoms with E-state index in [0.717, 1.165) is 19.4 Å². The SMILES string of the molecule is COCCN(C)CC1CCCN1S(=O)(=O)c1ccccc1F. The molecule has 1 heterocycles. The van der Waals surface area contributed by atoms with E-state index in [4.69, 9.17) is 4.74 Å². The minimum atomic E-state index is -3.78. The van der Waals surface area contributed by atoms with Crippen LogP contribution in [0.1, 0.15) is 12.8 Å². The Labute approximate surface area is 131 Å². The number of hydrogen-bond acceptors (Lipinski definition) is 4. The average Bonchev–Trinajstić information content (AvgIpc) is 2.94. The van der Waals surface area contributed by atoms with Gasteiger partial charge in [0, 0.05) is 32.8 Å². The number of nitrogens with zero attached hydrogens (tertiary/aromatic N) is 2. The molecule has 0 saturated carbocycles. The normalized spacial score (nSPS) is 19.9. The molecule has 1 unspecified atom stereocenters. The van der Waals surface area contributed by atoms with Gasteiger partial charge in [0.25, 0.3) is 0 Å². The summed E-state index contributed by atoms with van der Waals surface area (Å²) in [7, 11) is -0.211. The summed E-state index contributed by atoms with van der Waals surface area (Å²) in [5, 5.41) is 0. The molecular formula is C15H23FN2O3S. The molecule has 0 amide bonds. The molecule has 1 aromatic rings. The van der Waals surface area contributed by atoms with E-state index in [1.165, 1.54) is 22.5 Å². The zero-order valence-electron chi connectivity index (χ0n) is 13.0. The Bertz CT molecular complexity index is 594. The summed E-state index contributed by atoms with van der Waals surface area (Å²) >= 11 is 0. The third kappa shape index (κ3) is 3.84. The van der Waals surface area contributed by atoms with Crippen LogP contribution in [0.5, 0.6) is 0 Å². The maximum atomic E-state index is 13.9. The summed E-state index contributed by atoms with van der Waals surface area (Å²) in [6.07, 6.45) is 1.60. The summed E-state index contributed by atoms with van der Waals surface area (Å²) < 4.78 is 45.7. The van der Waals surface area contributed by atoms with Crippen molar-refractivity contribution in [3.8, 4) is 0 Å². The van der Waals surface area contributed by atoms with E-state index in [1.807, 2.05) is 11.9 Å². The molecular weight excluding hydrogens is 307 g/mol. The molecule has 7 heteroatoms. The number of ether oxygens (including phenoxy) is 1. The molecule has 0 spiro atoms. The van der Waals surface area contributed by atoms with Crippen molar-refractivity contribution in [3.05, 3.63) is 30.1 Å². The number of benzene rings is 1. The van der Waals surface area contributed by atoms with Gasteiger partial charge in [-0.15, -0.1) is 0 Å². The van der Waals surface area contributed by atoms with Gasteiger partial charge in [0.2, 0.25) is 10.0 Å². The molecule has 0 N–H and O–H groups in total. The van der Waals surface area contributed by atoms with Crippen LogP contribution in [0.15, 0.2) is 29.2 Å². The number of sulfonamides is 1. The second kappa shape index (κ2) is 7.50. The van der Waals surface area contributed by atoms with Gasteiger partial charge in [0.05, 0.1) is 6.61 Å². The van der Waals surface area contributed by atoms with Crippen LogP contribution in [0.2, 0.25) is 0 Å². The Morgan fingerprint density at radius 1 is 1.41 bits per heavy atom. The largest absolute Gasteiger partial charge is 0.383 e. The third-order valence-electron chi connectivity index (χ3n) is 3.95. The standard InChI is InChI=1S/C15H23FN2O3S/c1-17(10-11-21-2)12-13-6-5-9-18(13)22(19,20)15-8-4-3-7-14(15)16/h3-4,7-8,13H,5-6,9-12H2,1-2H3. The maximum absolute atomic E-state index is 13.9. The van der Waals surface area contributed by atoms with E-state index >= 15 is 0 Å². The molecule has 1 atom stereocenters. The Morgan fingerprint density at radius 3 is 2.82 bits per heavy atom. The highest BCUT2D eigenvalue weighted by molar-refractivity contribution is 7.89. The molecule has 124 valence electrons. The topological polar surface area (TPSA) is 49.9 Å². The van der Waals surface area contributed by atoms with Crippen molar-refractivity contribution in [3.63, 3.8) is 0 Å². The molecule has 1 aliphatic rings. The Morgan fingerprint density at radius 2 is 2.14 bits per heavy atom. The summed E-state index contributed by atoms with van der Waals surface area (Å²) in [4.78, 5) is 1.81. The van der Waals surface area contributed by atoms with Crippen LogP contribution >= 0.6 is 0 Å². The minimum Gasteiger partial charge on any atom is -0.383 e. The van der Waals surface area contributed by atoms with Crippen molar-refractivity contribution in [2.24, 2.45) is 0 Å². The van der Waals surface area contributed by atoms with E-state index in [1.54, 1.807) is 13.2 Å². The first-order valence-corrected chi connectivity index (χ1v) is 8.84. The molecule has 1 saturated heterocycles. The number of methoxy groups -OCH3 is 1. The summed E-state index contributed by atoms with van der Waals surface area (Å²) in [6, 6.07) is 5.43. The fourth-order valence-electron chi connectivity index (χ4n) is 2.79. The van der Waals surface area contributed by atoms with E-state index < -0.39 is 15.8 Å². The van der Waals surface area contributed by atoms with Gasteiger partial charge in [-0.05, 0) is 32.0 Å². The van der Waals surface area contributed by atoms with Crippen LogP contribution < -0.4 is 0 Å². The Balaban J connectivity index is 2.14. The predicted molar refractivity (Wildman–Crippen MR) is 82.7 cm³/mol. The van der Waals surface area contributed by atoms with Crippen molar-refractivity contribution < 1.29 is 17.5 Å². The number of likely N-dealkylation sites (N-methyl/N-ethyl adjacent to an activating group) is 1. The van der Waals surface area contributed by atoms with Crippen LogP contribution in [0.3, 0.4) is 0 Å². The Hall–Kier alpha value is -1.02. The number of hydrogen-bond donors (Lipinski definition) is 0. The lowest BCUT2D eigenvalue weighted by Gasteiger charge is -2.28. The van der Waals surface area contributed by atoms with E-state index in [2.05, 4.69) is 0 Å². The van der Waals surface area contributed by atoms with Gasteiger partial charge >= 0.3 is 0 Å². The van der Waals surface area contributed by atoms with Crippen molar-refractivity contribution in [1.82, 2.24) is 9.21 Å². The van der Waals surface area contributed by atoms with E-state index in [9.17, 15) is 12.8 Å². The molecule has 22 heavy (non-hydrogen) atoms. The second-order valence-electron chi connectivity index (χ2n) is 5.60. The molecule has 1 aromatic carbocycles. The zero-order valence-corrected chi connectivity index (χ0v) is 13.9. The van der Waals surface area contributed by atoms with E-state index in [0.29, 0.717) is 19.7 Å². The first kappa shape index (κ1) is 17.3. The predicted octanol–water partition coefficient (Wildman–Crippen LogP) is 1.56. The first-order valence-electron chi connectivity index (χ1n) is 7.40. The van der Waals surface area contributed by atoms with Crippen molar-refractivity contribution in [2.45, 2.75) is 23.8 Å². The fourth-order valence-corrected chi connectivity index (χ4v) is 4.54. The third-order valence-corrected chi connectivity index (χ3v) is 5.93. The van der Waals surface area contributed by atoms with Crippen LogP contribution in [0.25, 0.3) is 0 Å². The maximum Gasteiger partial charge on any atom is 0.246 e. The van der Waals surface area contributed by atoms with Gasteiger partial charge in [-0.1, -0.05) is 12.1 Å². The first-order chi connectivity index (χ1) is 10.5. The molecule has 1 fully saturated rings. The summed E-state index contributed by atoms with van der Waals surface area (Å²) in [5.41, 5.74) is 0. The smallest absolute Gasteiger partial charge is 0.246 e. The molecule has 0 aliphatic carbocycles. The molecule has 1 aliphatic heterocycles. The van der Waals surface area contributed by atoms with Gasteiger partial charge < -0.3 is 9.64 Å². The van der Waals surface area contributed by atoms with Gasteiger partial charge in [0.1, 0.15) is 10.7 Å². The van der Waals surface area contributed by atoms with Gasteiger partial charge in [-0.25, -0.2) is 12.8 Å². The van der Waals surface area contributed by atoms with Gasteiger partial charge in [-0.2, -0.15) is 4.31 Å². The van der Waals surface area contributed by atoms with Crippen molar-refractivity contribution >= 4 is 10.0 Å². The monoisotopic (exact) mass is 330 g/mol. The highest BCUT2D eigenvalue weighted by Gasteiger charge is 2.36. The highest BCUT2D eigenvalue weighted by Crippen LogP contribution is 2.27. The molecule has 2 rings (SSSR count). The summed E-state index contributed by atoms with van der Waals surface area (Å²) in [5.74, 6) is -0.694. The van der Waals surface area contributed by atoms with Gasteiger partial charge in [-0.3, -0.25) is 0 Å². The molecule has 5 nitrogen and oxygen atoms in total. The summed E-state index contributed by atoms with van der Waals surface area (Å²) in [6.45, 7) is 2.40. The lowest BCUT2D eigenvalue weighted by Crippen LogP contribution is -2.43. The van der Waals surface area contributed by atoms with Gasteiger partial charge in [0.15, 0.2) is 0 Å². The van der Waals surface area contributed by atoms with Crippen LogP contribution in [-0.2, 0) is 14.8 Å².